The van der Waals surface area contributed by atoms with E-state index < -0.39 is 0 Å². The van der Waals surface area contributed by atoms with E-state index >= 15 is 0 Å². The molecule has 1 aromatic rings. The normalized spacial score (nSPS) is 12.7. The topological polar surface area (TPSA) is 35.2 Å². The fourth-order valence-corrected chi connectivity index (χ4v) is 1.59. The summed E-state index contributed by atoms with van der Waals surface area (Å²) in [6.45, 7) is 5.46. The smallest absolute Gasteiger partial charge is 0.0797 e. The quantitative estimate of drug-likeness (QED) is 0.778. The molecule has 1 aromatic carbocycles. The van der Waals surface area contributed by atoms with Crippen molar-refractivity contribution in [2.24, 2.45) is 5.73 Å². The van der Waals surface area contributed by atoms with Crippen LogP contribution in [0.15, 0.2) is 24.3 Å². The molecule has 1 rings (SSSR count). The predicted molar refractivity (Wildman–Crippen MR) is 63.9 cm³/mol. The van der Waals surface area contributed by atoms with Gasteiger partial charge in [0, 0.05) is 6.54 Å². The highest BCUT2D eigenvalue weighted by atomic mass is 16.5. The van der Waals surface area contributed by atoms with Gasteiger partial charge in [0.2, 0.25) is 0 Å². The van der Waals surface area contributed by atoms with Crippen molar-refractivity contribution in [3.05, 3.63) is 35.4 Å². The van der Waals surface area contributed by atoms with Crippen molar-refractivity contribution in [2.75, 3.05) is 13.2 Å². The number of aryl methyl sites for hydroxylation is 1. The molecule has 0 saturated heterocycles. The molecule has 15 heavy (non-hydrogen) atoms. The average Bonchev–Trinajstić information content (AvgIpc) is 2.27. The molecule has 0 saturated carbocycles. The van der Waals surface area contributed by atoms with Gasteiger partial charge >= 0.3 is 0 Å². The first kappa shape index (κ1) is 12.2. The van der Waals surface area contributed by atoms with E-state index in [1.165, 1.54) is 17.5 Å². The van der Waals surface area contributed by atoms with E-state index in [2.05, 4.69) is 38.1 Å². The lowest BCUT2D eigenvalue weighted by Gasteiger charge is -2.13. The lowest BCUT2D eigenvalue weighted by atomic mass is 10.1. The molecule has 2 heteroatoms. The summed E-state index contributed by atoms with van der Waals surface area (Å²) >= 11 is 0. The van der Waals surface area contributed by atoms with Gasteiger partial charge in [0.1, 0.15) is 0 Å². The lowest BCUT2D eigenvalue weighted by molar-refractivity contribution is 0.0718. The van der Waals surface area contributed by atoms with Gasteiger partial charge in [0.25, 0.3) is 0 Å². The van der Waals surface area contributed by atoms with Crippen molar-refractivity contribution in [1.29, 1.82) is 0 Å². The number of ether oxygens (including phenoxy) is 1. The number of hydrogen-bond donors (Lipinski definition) is 1. The molecule has 0 aliphatic rings. The fourth-order valence-electron chi connectivity index (χ4n) is 1.59. The van der Waals surface area contributed by atoms with E-state index in [1.807, 2.05) is 0 Å². The SMILES string of the molecule is CCCc1ccc([C@H](C)OCCN)cc1. The molecule has 0 aliphatic carbocycles. The Bertz CT molecular complexity index is 268. The van der Waals surface area contributed by atoms with Crippen molar-refractivity contribution in [1.82, 2.24) is 0 Å². The van der Waals surface area contributed by atoms with Crippen LogP contribution in [0, 0.1) is 0 Å². The van der Waals surface area contributed by atoms with Crippen molar-refractivity contribution in [3.8, 4) is 0 Å². The maximum Gasteiger partial charge on any atom is 0.0797 e. The molecule has 0 radical (unpaired) electrons. The van der Waals surface area contributed by atoms with E-state index in [-0.39, 0.29) is 6.10 Å². The third-order valence-corrected chi connectivity index (χ3v) is 2.47. The Balaban J connectivity index is 2.54. The fraction of sp³-hybridized carbons (Fsp3) is 0.538. The van der Waals surface area contributed by atoms with Crippen LogP contribution >= 0.6 is 0 Å². The zero-order valence-corrected chi connectivity index (χ0v) is 9.70. The molecule has 1 atom stereocenters. The van der Waals surface area contributed by atoms with Crippen LogP contribution in [0.5, 0.6) is 0 Å². The first-order chi connectivity index (χ1) is 7.27. The van der Waals surface area contributed by atoms with Gasteiger partial charge in [0.15, 0.2) is 0 Å². The van der Waals surface area contributed by atoms with Gasteiger partial charge in [-0.15, -0.1) is 0 Å². The van der Waals surface area contributed by atoms with Crippen LogP contribution in [0.1, 0.15) is 37.5 Å². The van der Waals surface area contributed by atoms with Crippen molar-refractivity contribution < 1.29 is 4.74 Å². The van der Waals surface area contributed by atoms with Gasteiger partial charge in [-0.25, -0.2) is 0 Å². The Labute approximate surface area is 92.4 Å². The third kappa shape index (κ3) is 4.02. The number of rotatable bonds is 6. The van der Waals surface area contributed by atoms with E-state index in [9.17, 15) is 0 Å². The number of hydrogen-bond acceptors (Lipinski definition) is 2. The Morgan fingerprint density at radius 2 is 1.93 bits per heavy atom. The minimum absolute atomic E-state index is 0.143. The second-order valence-electron chi connectivity index (χ2n) is 3.79. The van der Waals surface area contributed by atoms with Crippen LogP contribution in [0.2, 0.25) is 0 Å². The molecule has 0 spiro atoms. The van der Waals surface area contributed by atoms with Crippen molar-refractivity contribution in [2.45, 2.75) is 32.8 Å². The standard InChI is InChI=1S/C13H21NO/c1-3-4-12-5-7-13(8-6-12)11(2)15-10-9-14/h5-8,11H,3-4,9-10,14H2,1-2H3/t11-/m0/s1. The summed E-state index contributed by atoms with van der Waals surface area (Å²) in [5.41, 5.74) is 8.01. The van der Waals surface area contributed by atoms with Crippen LogP contribution < -0.4 is 5.73 Å². The summed E-state index contributed by atoms with van der Waals surface area (Å²) in [6.07, 6.45) is 2.49. The van der Waals surface area contributed by atoms with E-state index in [1.54, 1.807) is 0 Å². The molecule has 0 amide bonds. The Morgan fingerprint density at radius 3 is 2.47 bits per heavy atom. The lowest BCUT2D eigenvalue weighted by Crippen LogP contribution is -2.10. The van der Waals surface area contributed by atoms with Gasteiger partial charge < -0.3 is 10.5 Å². The summed E-state index contributed by atoms with van der Waals surface area (Å²) < 4.78 is 5.55. The maximum absolute atomic E-state index is 5.55. The van der Waals surface area contributed by atoms with Gasteiger partial charge in [0.05, 0.1) is 12.7 Å². The molecule has 0 fully saturated rings. The van der Waals surface area contributed by atoms with Gasteiger partial charge in [-0.2, -0.15) is 0 Å². The van der Waals surface area contributed by atoms with Crippen molar-refractivity contribution in [3.63, 3.8) is 0 Å². The second kappa shape index (κ2) is 6.59. The highest BCUT2D eigenvalue weighted by molar-refractivity contribution is 5.24. The van der Waals surface area contributed by atoms with Crippen LogP contribution in [0.4, 0.5) is 0 Å². The molecular weight excluding hydrogens is 186 g/mol. The molecule has 2 N–H and O–H groups in total. The predicted octanol–water partition coefficient (Wildman–Crippen LogP) is 2.68. The Kier molecular flexibility index (Phi) is 5.37. The largest absolute Gasteiger partial charge is 0.373 e. The van der Waals surface area contributed by atoms with Gasteiger partial charge in [-0.3, -0.25) is 0 Å². The van der Waals surface area contributed by atoms with Crippen LogP contribution in [-0.2, 0) is 11.2 Å². The highest BCUT2D eigenvalue weighted by Gasteiger charge is 2.04. The van der Waals surface area contributed by atoms with E-state index in [4.69, 9.17) is 10.5 Å². The maximum atomic E-state index is 5.55. The van der Waals surface area contributed by atoms with Gasteiger partial charge in [-0.1, -0.05) is 37.6 Å². The Hall–Kier alpha value is -0.860. The molecule has 0 bridgehead atoms. The zero-order valence-electron chi connectivity index (χ0n) is 9.70. The van der Waals surface area contributed by atoms with Crippen LogP contribution in [-0.4, -0.2) is 13.2 Å². The van der Waals surface area contributed by atoms with Gasteiger partial charge in [-0.05, 0) is 24.5 Å². The van der Waals surface area contributed by atoms with Crippen LogP contribution in [0.25, 0.3) is 0 Å². The molecule has 0 unspecified atom stereocenters. The number of benzene rings is 1. The minimum Gasteiger partial charge on any atom is -0.373 e. The molecule has 0 heterocycles. The molecule has 84 valence electrons. The molecule has 0 aliphatic heterocycles. The van der Waals surface area contributed by atoms with E-state index in [0.717, 1.165) is 6.42 Å². The molecule has 2 nitrogen and oxygen atoms in total. The first-order valence-electron chi connectivity index (χ1n) is 5.68. The highest BCUT2D eigenvalue weighted by Crippen LogP contribution is 2.17. The average molecular weight is 207 g/mol. The van der Waals surface area contributed by atoms with E-state index in [0.29, 0.717) is 13.2 Å². The summed E-state index contributed by atoms with van der Waals surface area (Å²) in [5, 5.41) is 0. The Morgan fingerprint density at radius 1 is 1.27 bits per heavy atom. The molecule has 0 aromatic heterocycles. The minimum atomic E-state index is 0.143. The second-order valence-corrected chi connectivity index (χ2v) is 3.79. The summed E-state index contributed by atoms with van der Waals surface area (Å²) in [7, 11) is 0. The number of nitrogens with two attached hydrogens (primary N) is 1. The monoisotopic (exact) mass is 207 g/mol. The molecular formula is C13H21NO. The van der Waals surface area contributed by atoms with Crippen LogP contribution in [0.3, 0.4) is 0 Å². The summed E-state index contributed by atoms with van der Waals surface area (Å²) in [6, 6.07) is 8.65. The van der Waals surface area contributed by atoms with Crippen molar-refractivity contribution >= 4 is 0 Å². The summed E-state index contributed by atoms with van der Waals surface area (Å²) in [5.74, 6) is 0. The first-order valence-corrected chi connectivity index (χ1v) is 5.68. The third-order valence-electron chi connectivity index (χ3n) is 2.47. The zero-order chi connectivity index (χ0) is 11.1. The summed E-state index contributed by atoms with van der Waals surface area (Å²) in [4.78, 5) is 0.